The van der Waals surface area contributed by atoms with Gasteiger partial charge in [-0.3, -0.25) is 0 Å². The monoisotopic (exact) mass is 656 g/mol. The Morgan fingerprint density at radius 2 is 1.04 bits per heavy atom. The van der Waals surface area contributed by atoms with Gasteiger partial charge in [-0.05, 0) is 101 Å². The van der Waals surface area contributed by atoms with Gasteiger partial charge in [0.05, 0.1) is 23.0 Å². The van der Waals surface area contributed by atoms with Gasteiger partial charge in [-0.2, -0.15) is 5.26 Å². The van der Waals surface area contributed by atoms with Crippen molar-refractivity contribution < 1.29 is 9.47 Å². The zero-order chi connectivity index (χ0) is 34.6. The van der Waals surface area contributed by atoms with Crippen LogP contribution in [0.15, 0.2) is 146 Å². The molecule has 2 aliphatic heterocycles. The van der Waals surface area contributed by atoms with Crippen molar-refractivity contribution >= 4 is 40.2 Å². The summed E-state index contributed by atoms with van der Waals surface area (Å²) >= 11 is 0. The Morgan fingerprint density at radius 3 is 1.59 bits per heavy atom. The molecule has 0 spiro atoms. The van der Waals surface area contributed by atoms with Crippen molar-refractivity contribution in [1.29, 1.82) is 5.26 Å². The second kappa shape index (κ2) is 12.1. The lowest BCUT2D eigenvalue weighted by atomic mass is 9.34. The number of ether oxygens (including phenoxy) is 2. The lowest BCUT2D eigenvalue weighted by molar-refractivity contribution is 0.465. The van der Waals surface area contributed by atoms with Gasteiger partial charge in [0.1, 0.15) is 23.0 Å². The third kappa shape index (κ3) is 5.24. The fourth-order valence-corrected chi connectivity index (χ4v) is 7.52. The van der Waals surface area contributed by atoms with Crippen molar-refractivity contribution in [3.63, 3.8) is 0 Å². The van der Waals surface area contributed by atoms with Gasteiger partial charge in [-0.15, -0.1) is 0 Å². The van der Waals surface area contributed by atoms with Crippen LogP contribution in [-0.2, 0) is 0 Å². The van der Waals surface area contributed by atoms with Crippen LogP contribution in [0.1, 0.15) is 22.3 Å². The Hall–Kier alpha value is -6.51. The predicted molar refractivity (Wildman–Crippen MR) is 209 cm³/mol. The van der Waals surface area contributed by atoms with E-state index in [0.29, 0.717) is 5.56 Å². The van der Waals surface area contributed by atoms with Crippen LogP contribution in [0.3, 0.4) is 0 Å². The molecule has 2 aliphatic rings. The summed E-state index contributed by atoms with van der Waals surface area (Å²) in [6, 6.07) is 52.9. The Morgan fingerprint density at radius 1 is 0.510 bits per heavy atom. The van der Waals surface area contributed by atoms with Crippen LogP contribution in [0.25, 0.3) is 22.3 Å². The summed E-state index contributed by atoms with van der Waals surface area (Å²) in [7, 11) is 0. The van der Waals surface area contributed by atoms with E-state index in [-0.39, 0.29) is 6.71 Å². The normalized spacial score (nSPS) is 12.1. The Labute approximate surface area is 298 Å². The van der Waals surface area contributed by atoms with Gasteiger partial charge in [-0.1, -0.05) is 103 Å². The molecule has 4 nitrogen and oxygen atoms in total. The number of fused-ring (bicyclic) bond motifs is 4. The molecule has 0 N–H and O–H groups in total. The maximum atomic E-state index is 9.94. The average Bonchev–Trinajstić information content (AvgIpc) is 3.17. The highest BCUT2D eigenvalue weighted by Gasteiger charge is 2.41. The summed E-state index contributed by atoms with van der Waals surface area (Å²) in [5.74, 6) is 3.18. The van der Waals surface area contributed by atoms with E-state index in [2.05, 4.69) is 147 Å². The molecule has 0 unspecified atom stereocenters. The van der Waals surface area contributed by atoms with Crippen LogP contribution in [0.2, 0.25) is 0 Å². The largest absolute Gasteiger partial charge is 0.458 e. The standard InChI is InChI=1S/C46H33BN2O2/c1-29-14-15-30(2)40(22-29)49(41-23-32(28-48)17-16-31(41)3)37-26-44-46-45(27-37)51-43-25-36(34-12-8-5-9-13-34)19-21-39(43)47(46)38-20-18-35(24-42(38)50-44)33-10-6-4-7-11-33/h4-27H,1-3H3. The van der Waals surface area contributed by atoms with Crippen molar-refractivity contribution in [1.82, 2.24) is 0 Å². The molecule has 0 saturated heterocycles. The van der Waals surface area contributed by atoms with Gasteiger partial charge in [0.25, 0.3) is 6.71 Å². The van der Waals surface area contributed by atoms with Crippen molar-refractivity contribution in [2.45, 2.75) is 20.8 Å². The highest BCUT2D eigenvalue weighted by molar-refractivity contribution is 6.98. The molecule has 0 radical (unpaired) electrons. The van der Waals surface area contributed by atoms with Gasteiger partial charge in [0, 0.05) is 23.3 Å². The maximum Gasteiger partial charge on any atom is 0.260 e. The van der Waals surface area contributed by atoms with Gasteiger partial charge >= 0.3 is 0 Å². The van der Waals surface area contributed by atoms with Gasteiger partial charge in [0.15, 0.2) is 0 Å². The average molecular weight is 657 g/mol. The minimum Gasteiger partial charge on any atom is -0.458 e. The van der Waals surface area contributed by atoms with Crippen molar-refractivity contribution in [3.05, 3.63) is 168 Å². The molecule has 0 amide bonds. The maximum absolute atomic E-state index is 9.94. The van der Waals surface area contributed by atoms with Crippen molar-refractivity contribution in [3.8, 4) is 51.3 Å². The van der Waals surface area contributed by atoms with Crippen LogP contribution < -0.4 is 30.8 Å². The second-order valence-electron chi connectivity index (χ2n) is 13.5. The Balaban J connectivity index is 1.28. The Kier molecular flexibility index (Phi) is 7.26. The summed E-state index contributed by atoms with van der Waals surface area (Å²) in [5.41, 5.74) is 14.5. The predicted octanol–water partition coefficient (Wildman–Crippen LogP) is 10.0. The van der Waals surface area contributed by atoms with Crippen molar-refractivity contribution in [2.75, 3.05) is 4.90 Å². The van der Waals surface area contributed by atoms with E-state index < -0.39 is 0 Å². The molecule has 0 aromatic heterocycles. The third-order valence-corrected chi connectivity index (χ3v) is 10.1. The topological polar surface area (TPSA) is 45.5 Å². The zero-order valence-electron chi connectivity index (χ0n) is 28.6. The summed E-state index contributed by atoms with van der Waals surface area (Å²) in [5, 5.41) is 9.94. The summed E-state index contributed by atoms with van der Waals surface area (Å²) in [6.45, 7) is 6.24. The molecule has 2 heterocycles. The number of hydrogen-bond acceptors (Lipinski definition) is 4. The number of rotatable bonds is 5. The lowest BCUT2D eigenvalue weighted by Crippen LogP contribution is -2.57. The molecule has 0 aliphatic carbocycles. The molecule has 0 saturated carbocycles. The first-order valence-corrected chi connectivity index (χ1v) is 17.3. The van der Waals surface area contributed by atoms with Gasteiger partial charge in [-0.25, -0.2) is 0 Å². The van der Waals surface area contributed by atoms with E-state index in [9.17, 15) is 5.26 Å². The van der Waals surface area contributed by atoms with Gasteiger partial charge < -0.3 is 14.4 Å². The van der Waals surface area contributed by atoms with E-state index in [0.717, 1.165) is 95.4 Å². The molecule has 5 heteroatoms. The SMILES string of the molecule is Cc1ccc(C)c(N(c2cc3c4c(c2)Oc2cc(-c5ccccc5)ccc2B4c2ccc(-c4ccccc4)cc2O3)c2cc(C#N)ccc2C)c1. The molecular formula is C46H33BN2O2. The number of benzene rings is 7. The first kappa shape index (κ1) is 30.5. The zero-order valence-corrected chi connectivity index (χ0v) is 28.6. The molecule has 0 fully saturated rings. The highest BCUT2D eigenvalue weighted by Crippen LogP contribution is 2.45. The van der Waals surface area contributed by atoms with E-state index in [1.807, 2.05) is 30.3 Å². The first-order chi connectivity index (χ1) is 24.9. The summed E-state index contributed by atoms with van der Waals surface area (Å²) in [4.78, 5) is 2.24. The summed E-state index contributed by atoms with van der Waals surface area (Å²) < 4.78 is 13.9. The molecule has 242 valence electrons. The molecule has 7 aromatic carbocycles. The minimum absolute atomic E-state index is 0.0796. The number of aryl methyl sites for hydroxylation is 3. The van der Waals surface area contributed by atoms with E-state index >= 15 is 0 Å². The van der Waals surface area contributed by atoms with Gasteiger partial charge in [0.2, 0.25) is 0 Å². The minimum atomic E-state index is -0.0796. The highest BCUT2D eigenvalue weighted by atomic mass is 16.5. The van der Waals surface area contributed by atoms with E-state index in [4.69, 9.17) is 9.47 Å². The third-order valence-electron chi connectivity index (χ3n) is 10.1. The number of anilines is 3. The summed E-state index contributed by atoms with van der Waals surface area (Å²) in [6.07, 6.45) is 0. The lowest BCUT2D eigenvalue weighted by Gasteiger charge is -2.35. The molecular weight excluding hydrogens is 623 g/mol. The van der Waals surface area contributed by atoms with E-state index in [1.165, 1.54) is 0 Å². The molecule has 51 heavy (non-hydrogen) atoms. The number of nitrogens with zero attached hydrogens (tertiary/aromatic N) is 2. The van der Waals surface area contributed by atoms with Crippen LogP contribution >= 0.6 is 0 Å². The Bertz CT molecular complexity index is 2420. The smallest absolute Gasteiger partial charge is 0.260 e. The van der Waals surface area contributed by atoms with Crippen LogP contribution in [-0.4, -0.2) is 6.71 Å². The fourth-order valence-electron chi connectivity index (χ4n) is 7.52. The molecule has 9 rings (SSSR count). The van der Waals surface area contributed by atoms with Crippen LogP contribution in [0.5, 0.6) is 23.0 Å². The van der Waals surface area contributed by atoms with Crippen molar-refractivity contribution in [2.24, 2.45) is 0 Å². The molecule has 0 bridgehead atoms. The molecule has 0 atom stereocenters. The number of nitriles is 1. The quantitative estimate of drug-likeness (QED) is 0.173. The first-order valence-electron chi connectivity index (χ1n) is 17.3. The van der Waals surface area contributed by atoms with Crippen LogP contribution in [0.4, 0.5) is 17.1 Å². The number of hydrogen-bond donors (Lipinski definition) is 0. The second-order valence-corrected chi connectivity index (χ2v) is 13.5. The fraction of sp³-hybridized carbons (Fsp3) is 0.0652. The molecule has 7 aromatic rings. The van der Waals surface area contributed by atoms with E-state index in [1.54, 1.807) is 0 Å². The van der Waals surface area contributed by atoms with Crippen LogP contribution in [0, 0.1) is 32.1 Å².